The van der Waals surface area contributed by atoms with Gasteiger partial charge in [0, 0.05) is 0 Å². The van der Waals surface area contributed by atoms with Crippen LogP contribution in [0.2, 0.25) is 0 Å². The summed E-state index contributed by atoms with van der Waals surface area (Å²) in [7, 11) is 0. The van der Waals surface area contributed by atoms with E-state index in [4.69, 9.17) is 0 Å². The lowest BCUT2D eigenvalue weighted by atomic mass is 10.5. The van der Waals surface area contributed by atoms with Crippen LogP contribution in [0.5, 0.6) is 0 Å². The molecule has 0 aliphatic rings. The highest BCUT2D eigenvalue weighted by Crippen LogP contribution is 1.95. The van der Waals surface area contributed by atoms with Crippen molar-refractivity contribution in [3.63, 3.8) is 0 Å². The van der Waals surface area contributed by atoms with Crippen LogP contribution in [0.15, 0.2) is 6.20 Å². The van der Waals surface area contributed by atoms with Gasteiger partial charge >= 0.3 is 0 Å². The monoisotopic (exact) mass is 130 g/mol. The minimum atomic E-state index is -0.278. The summed E-state index contributed by atoms with van der Waals surface area (Å²) in [4.78, 5) is 0. The molecule has 0 unspecified atom stereocenters. The Kier molecular flexibility index (Phi) is 3.67. The first-order chi connectivity index (χ1) is 4.30. The molecule has 3 heteroatoms. The summed E-state index contributed by atoms with van der Waals surface area (Å²) in [6.07, 6.45) is 1.15. The van der Waals surface area contributed by atoms with Gasteiger partial charge in [0.05, 0.1) is 11.9 Å². The van der Waals surface area contributed by atoms with E-state index in [1.54, 1.807) is 6.92 Å². The highest BCUT2D eigenvalue weighted by Gasteiger charge is 1.92. The molecule has 9 heavy (non-hydrogen) atoms. The first-order valence-corrected chi connectivity index (χ1v) is 2.96. The van der Waals surface area contributed by atoms with Crippen LogP contribution in [-0.4, -0.2) is 10.2 Å². The zero-order valence-corrected chi connectivity index (χ0v) is 5.90. The van der Waals surface area contributed by atoms with E-state index < -0.39 is 0 Å². The SMILES string of the molecule is CC.Cc1[nH]ncc1F. The van der Waals surface area contributed by atoms with Crippen LogP contribution in [0, 0.1) is 12.7 Å². The second kappa shape index (κ2) is 4.06. The van der Waals surface area contributed by atoms with Crippen LogP contribution in [0.25, 0.3) is 0 Å². The van der Waals surface area contributed by atoms with E-state index in [9.17, 15) is 4.39 Å². The van der Waals surface area contributed by atoms with Crippen molar-refractivity contribution in [3.8, 4) is 0 Å². The van der Waals surface area contributed by atoms with Gasteiger partial charge in [-0.05, 0) is 6.92 Å². The third-order valence-corrected chi connectivity index (χ3v) is 0.768. The van der Waals surface area contributed by atoms with Gasteiger partial charge < -0.3 is 0 Å². The van der Waals surface area contributed by atoms with Gasteiger partial charge in [0.2, 0.25) is 0 Å². The molecule has 0 amide bonds. The van der Waals surface area contributed by atoms with Gasteiger partial charge in [-0.2, -0.15) is 5.10 Å². The quantitative estimate of drug-likeness (QED) is 0.570. The van der Waals surface area contributed by atoms with Crippen LogP contribution in [0.3, 0.4) is 0 Å². The highest BCUT2D eigenvalue weighted by atomic mass is 19.1. The highest BCUT2D eigenvalue weighted by molar-refractivity contribution is 4.97. The number of aromatic amines is 1. The molecule has 0 saturated carbocycles. The van der Waals surface area contributed by atoms with Gasteiger partial charge in [-0.15, -0.1) is 0 Å². The fourth-order valence-corrected chi connectivity index (χ4v) is 0.336. The maximum Gasteiger partial charge on any atom is 0.163 e. The molecule has 0 bridgehead atoms. The Morgan fingerprint density at radius 2 is 2.11 bits per heavy atom. The van der Waals surface area contributed by atoms with Crippen molar-refractivity contribution < 1.29 is 4.39 Å². The van der Waals surface area contributed by atoms with Crippen molar-refractivity contribution in [1.82, 2.24) is 10.2 Å². The number of nitrogens with zero attached hydrogens (tertiary/aromatic N) is 1. The Bertz CT molecular complexity index is 143. The molecule has 1 rings (SSSR count). The molecule has 0 spiro atoms. The second-order valence-corrected chi connectivity index (χ2v) is 1.34. The van der Waals surface area contributed by atoms with Crippen LogP contribution in [-0.2, 0) is 0 Å². The van der Waals surface area contributed by atoms with Crippen molar-refractivity contribution in [2.24, 2.45) is 0 Å². The predicted octanol–water partition coefficient (Wildman–Crippen LogP) is 1.88. The fourth-order valence-electron chi connectivity index (χ4n) is 0.336. The van der Waals surface area contributed by atoms with Gasteiger partial charge in [-0.25, -0.2) is 4.39 Å². The van der Waals surface area contributed by atoms with Crippen molar-refractivity contribution in [2.45, 2.75) is 20.8 Å². The minimum absolute atomic E-state index is 0.278. The Morgan fingerprint density at radius 3 is 2.22 bits per heavy atom. The average molecular weight is 130 g/mol. The Morgan fingerprint density at radius 1 is 1.56 bits per heavy atom. The molecular formula is C6H11FN2. The van der Waals surface area contributed by atoms with Crippen LogP contribution in [0.4, 0.5) is 4.39 Å². The molecular weight excluding hydrogens is 119 g/mol. The number of nitrogens with one attached hydrogen (secondary N) is 1. The van der Waals surface area contributed by atoms with Crippen molar-refractivity contribution in [1.29, 1.82) is 0 Å². The summed E-state index contributed by atoms with van der Waals surface area (Å²) in [6, 6.07) is 0. The average Bonchev–Trinajstić information content (AvgIpc) is 2.23. The summed E-state index contributed by atoms with van der Waals surface area (Å²) >= 11 is 0. The van der Waals surface area contributed by atoms with E-state index in [0.29, 0.717) is 5.69 Å². The molecule has 0 saturated heterocycles. The number of aryl methyl sites for hydroxylation is 1. The smallest absolute Gasteiger partial charge is 0.163 e. The van der Waals surface area contributed by atoms with Gasteiger partial charge in [0.1, 0.15) is 0 Å². The van der Waals surface area contributed by atoms with E-state index in [0.717, 1.165) is 6.20 Å². The van der Waals surface area contributed by atoms with E-state index >= 15 is 0 Å². The molecule has 0 aliphatic carbocycles. The number of aromatic nitrogens is 2. The summed E-state index contributed by atoms with van der Waals surface area (Å²) in [5.74, 6) is -0.278. The largest absolute Gasteiger partial charge is 0.280 e. The topological polar surface area (TPSA) is 28.7 Å². The molecule has 1 aromatic heterocycles. The summed E-state index contributed by atoms with van der Waals surface area (Å²) in [5.41, 5.74) is 0.486. The van der Waals surface area contributed by atoms with Crippen LogP contribution >= 0.6 is 0 Å². The summed E-state index contributed by atoms with van der Waals surface area (Å²) < 4.78 is 12.0. The molecule has 0 fully saturated rings. The number of hydrogen-bond acceptors (Lipinski definition) is 1. The minimum Gasteiger partial charge on any atom is -0.280 e. The summed E-state index contributed by atoms with van der Waals surface area (Å²) in [6.45, 7) is 5.63. The number of H-pyrrole nitrogens is 1. The first-order valence-electron chi connectivity index (χ1n) is 2.96. The van der Waals surface area contributed by atoms with Crippen molar-refractivity contribution in [2.75, 3.05) is 0 Å². The van der Waals surface area contributed by atoms with E-state index in [1.165, 1.54) is 0 Å². The molecule has 0 aromatic carbocycles. The summed E-state index contributed by atoms with van der Waals surface area (Å²) in [5, 5.41) is 5.86. The lowest BCUT2D eigenvalue weighted by Gasteiger charge is -1.74. The molecule has 2 nitrogen and oxygen atoms in total. The lowest BCUT2D eigenvalue weighted by molar-refractivity contribution is 0.619. The predicted molar refractivity (Wildman–Crippen MR) is 34.6 cm³/mol. The fraction of sp³-hybridized carbons (Fsp3) is 0.500. The van der Waals surface area contributed by atoms with Gasteiger partial charge in [-0.1, -0.05) is 13.8 Å². The third kappa shape index (κ3) is 2.26. The molecule has 0 atom stereocenters. The lowest BCUT2D eigenvalue weighted by Crippen LogP contribution is -1.71. The number of hydrogen-bond donors (Lipinski definition) is 1. The molecule has 0 aliphatic heterocycles. The zero-order valence-electron chi connectivity index (χ0n) is 5.90. The van der Waals surface area contributed by atoms with Crippen molar-refractivity contribution in [3.05, 3.63) is 17.7 Å². The van der Waals surface area contributed by atoms with E-state index in [1.807, 2.05) is 13.8 Å². The molecule has 1 heterocycles. The standard InChI is InChI=1S/C4H5FN2.C2H6/c1-3-4(5)2-6-7-3;1-2/h2H,1H3,(H,6,7);1-2H3. The maximum absolute atomic E-state index is 12.0. The third-order valence-electron chi connectivity index (χ3n) is 0.768. The van der Waals surface area contributed by atoms with Gasteiger partial charge in [0.15, 0.2) is 5.82 Å². The maximum atomic E-state index is 12.0. The normalized spacial score (nSPS) is 8.00. The first kappa shape index (κ1) is 8.14. The second-order valence-electron chi connectivity index (χ2n) is 1.34. The zero-order chi connectivity index (χ0) is 7.28. The molecule has 1 N–H and O–H groups in total. The van der Waals surface area contributed by atoms with Gasteiger partial charge in [-0.3, -0.25) is 5.10 Å². The van der Waals surface area contributed by atoms with E-state index in [-0.39, 0.29) is 5.82 Å². The van der Waals surface area contributed by atoms with Crippen LogP contribution < -0.4 is 0 Å². The van der Waals surface area contributed by atoms with Gasteiger partial charge in [0.25, 0.3) is 0 Å². The number of halogens is 1. The number of rotatable bonds is 0. The van der Waals surface area contributed by atoms with E-state index in [2.05, 4.69) is 10.2 Å². The Hall–Kier alpha value is -0.860. The Balaban J connectivity index is 0.000000291. The molecule has 52 valence electrons. The molecule has 1 aromatic rings. The molecule has 0 radical (unpaired) electrons. The van der Waals surface area contributed by atoms with Crippen LogP contribution in [0.1, 0.15) is 19.5 Å². The Labute approximate surface area is 54.1 Å². The van der Waals surface area contributed by atoms with Crippen molar-refractivity contribution >= 4 is 0 Å².